The molecule has 0 fully saturated rings. The number of carbonyl (C=O) groups is 1. The van der Waals surface area contributed by atoms with Crippen molar-refractivity contribution >= 4 is 23.2 Å². The predicted octanol–water partition coefficient (Wildman–Crippen LogP) is 3.81. The molecule has 0 atom stereocenters. The van der Waals surface area contributed by atoms with Crippen molar-refractivity contribution in [1.29, 1.82) is 0 Å². The highest BCUT2D eigenvalue weighted by atomic mass is 16.6. The van der Waals surface area contributed by atoms with Crippen molar-refractivity contribution in [3.63, 3.8) is 0 Å². The number of anilines is 3. The van der Waals surface area contributed by atoms with Crippen molar-refractivity contribution in [2.24, 2.45) is 0 Å². The van der Waals surface area contributed by atoms with E-state index in [-0.39, 0.29) is 11.6 Å². The van der Waals surface area contributed by atoms with Gasteiger partial charge in [-0.3, -0.25) is 4.79 Å². The van der Waals surface area contributed by atoms with Crippen molar-refractivity contribution in [1.82, 2.24) is 9.97 Å². The van der Waals surface area contributed by atoms with E-state index in [1.54, 1.807) is 12.3 Å². The number of ether oxygens (including phenoxy) is 2. The van der Waals surface area contributed by atoms with E-state index in [0.717, 1.165) is 17.8 Å². The topological polar surface area (TPSA) is 85.4 Å². The average Bonchev–Trinajstić information content (AvgIpc) is 2.74. The van der Waals surface area contributed by atoms with Crippen LogP contribution in [0.3, 0.4) is 0 Å². The van der Waals surface area contributed by atoms with E-state index in [4.69, 9.17) is 9.47 Å². The highest BCUT2D eigenvalue weighted by Gasteiger charge is 2.13. The molecule has 1 amide bonds. The third-order valence-electron chi connectivity index (χ3n) is 4.31. The van der Waals surface area contributed by atoms with Gasteiger partial charge in [0, 0.05) is 23.6 Å². The summed E-state index contributed by atoms with van der Waals surface area (Å²) in [6.07, 6.45) is 2.50. The van der Waals surface area contributed by atoms with E-state index in [1.807, 2.05) is 42.5 Å². The summed E-state index contributed by atoms with van der Waals surface area (Å²) in [6, 6.07) is 14.8. The van der Waals surface area contributed by atoms with Gasteiger partial charge in [0.25, 0.3) is 5.91 Å². The maximum Gasteiger partial charge on any atom is 0.274 e. The molecule has 0 unspecified atom stereocenters. The first-order valence-electron chi connectivity index (χ1n) is 9.11. The number of nitrogens with zero attached hydrogens (tertiary/aromatic N) is 2. The Hall–Kier alpha value is -3.61. The first kappa shape index (κ1) is 17.8. The summed E-state index contributed by atoms with van der Waals surface area (Å²) in [5, 5.41) is 5.94. The monoisotopic (exact) mass is 376 g/mol. The van der Waals surface area contributed by atoms with Crippen LogP contribution < -0.4 is 20.1 Å². The van der Waals surface area contributed by atoms with Crippen molar-refractivity contribution < 1.29 is 14.3 Å². The molecule has 0 aliphatic carbocycles. The van der Waals surface area contributed by atoms with Crippen LogP contribution in [-0.4, -0.2) is 29.1 Å². The molecule has 0 saturated heterocycles. The second-order valence-corrected chi connectivity index (χ2v) is 6.25. The number of nitrogens with one attached hydrogen (secondary N) is 2. The Morgan fingerprint density at radius 1 is 1.00 bits per heavy atom. The molecule has 3 aromatic rings. The summed E-state index contributed by atoms with van der Waals surface area (Å²) in [5.41, 5.74) is 2.96. The SMILES string of the molecule is CCc1ccc(NC(=O)c2ccnc(Nc3ccc4c(c3)OCCO4)n2)cc1. The molecule has 7 heteroatoms. The van der Waals surface area contributed by atoms with Crippen molar-refractivity contribution in [2.45, 2.75) is 13.3 Å². The molecule has 2 N–H and O–H groups in total. The van der Waals surface area contributed by atoms with Gasteiger partial charge in [0.1, 0.15) is 18.9 Å². The smallest absolute Gasteiger partial charge is 0.274 e. The number of hydrogen-bond donors (Lipinski definition) is 2. The number of amides is 1. The predicted molar refractivity (Wildman–Crippen MR) is 107 cm³/mol. The molecule has 1 aliphatic heterocycles. The third kappa shape index (κ3) is 4.03. The average molecular weight is 376 g/mol. The van der Waals surface area contributed by atoms with Gasteiger partial charge in [-0.2, -0.15) is 0 Å². The third-order valence-corrected chi connectivity index (χ3v) is 4.31. The number of fused-ring (bicyclic) bond motifs is 1. The van der Waals surface area contributed by atoms with Crippen molar-refractivity contribution in [2.75, 3.05) is 23.8 Å². The molecule has 2 heterocycles. The zero-order chi connectivity index (χ0) is 19.3. The summed E-state index contributed by atoms with van der Waals surface area (Å²) >= 11 is 0. The fourth-order valence-electron chi connectivity index (χ4n) is 2.81. The number of rotatable bonds is 5. The number of benzene rings is 2. The van der Waals surface area contributed by atoms with Gasteiger partial charge in [0.15, 0.2) is 11.5 Å². The molecule has 0 saturated carbocycles. The molecule has 0 spiro atoms. The first-order valence-corrected chi connectivity index (χ1v) is 9.11. The van der Waals surface area contributed by atoms with Crippen LogP contribution in [0.5, 0.6) is 11.5 Å². The Labute approximate surface area is 162 Å². The largest absolute Gasteiger partial charge is 0.486 e. The standard InChI is InChI=1S/C21H20N4O3/c1-2-14-3-5-15(6-4-14)23-20(26)17-9-10-22-21(25-17)24-16-7-8-18-19(13-16)28-12-11-27-18/h3-10,13H,2,11-12H2,1H3,(H,23,26)(H,22,24,25). The quantitative estimate of drug-likeness (QED) is 0.704. The van der Waals surface area contributed by atoms with E-state index in [9.17, 15) is 4.79 Å². The van der Waals surface area contributed by atoms with E-state index >= 15 is 0 Å². The van der Waals surface area contributed by atoms with Crippen LogP contribution in [0.2, 0.25) is 0 Å². The number of aromatic nitrogens is 2. The van der Waals surface area contributed by atoms with Crippen LogP contribution in [0.1, 0.15) is 23.0 Å². The first-order chi connectivity index (χ1) is 13.7. The highest BCUT2D eigenvalue weighted by Crippen LogP contribution is 2.33. The van der Waals surface area contributed by atoms with Gasteiger partial charge in [-0.05, 0) is 42.3 Å². The molecule has 2 aromatic carbocycles. The zero-order valence-corrected chi connectivity index (χ0v) is 15.4. The Morgan fingerprint density at radius 2 is 1.75 bits per heavy atom. The van der Waals surface area contributed by atoms with Crippen LogP contribution in [-0.2, 0) is 6.42 Å². The minimum Gasteiger partial charge on any atom is -0.486 e. The van der Waals surface area contributed by atoms with E-state index < -0.39 is 0 Å². The Balaban J connectivity index is 1.47. The van der Waals surface area contributed by atoms with Gasteiger partial charge in [-0.1, -0.05) is 19.1 Å². The van der Waals surface area contributed by atoms with E-state index in [1.165, 1.54) is 5.56 Å². The van der Waals surface area contributed by atoms with E-state index in [2.05, 4.69) is 27.5 Å². The minimum atomic E-state index is -0.295. The van der Waals surface area contributed by atoms with Crippen LogP contribution in [0.4, 0.5) is 17.3 Å². The fraction of sp³-hybridized carbons (Fsp3) is 0.190. The van der Waals surface area contributed by atoms with Crippen LogP contribution in [0.15, 0.2) is 54.7 Å². The number of carbonyl (C=O) groups excluding carboxylic acids is 1. The maximum atomic E-state index is 12.5. The molecule has 1 aliphatic rings. The molecular formula is C21H20N4O3. The fourth-order valence-corrected chi connectivity index (χ4v) is 2.81. The summed E-state index contributed by atoms with van der Waals surface area (Å²) < 4.78 is 11.1. The lowest BCUT2D eigenvalue weighted by molar-refractivity contribution is 0.102. The molecule has 4 rings (SSSR count). The lowest BCUT2D eigenvalue weighted by Crippen LogP contribution is -2.15. The summed E-state index contributed by atoms with van der Waals surface area (Å²) in [6.45, 7) is 3.15. The Bertz CT molecular complexity index is 989. The Morgan fingerprint density at radius 3 is 2.54 bits per heavy atom. The lowest BCUT2D eigenvalue weighted by Gasteiger charge is -2.19. The molecular weight excluding hydrogens is 356 g/mol. The van der Waals surface area contributed by atoms with Crippen LogP contribution in [0, 0.1) is 0 Å². The van der Waals surface area contributed by atoms with Gasteiger partial charge in [0.2, 0.25) is 5.95 Å². The van der Waals surface area contributed by atoms with E-state index in [0.29, 0.717) is 30.7 Å². The van der Waals surface area contributed by atoms with Crippen LogP contribution >= 0.6 is 0 Å². The summed E-state index contributed by atoms with van der Waals surface area (Å²) in [4.78, 5) is 21.0. The molecule has 28 heavy (non-hydrogen) atoms. The molecule has 7 nitrogen and oxygen atoms in total. The molecule has 1 aromatic heterocycles. The minimum absolute atomic E-state index is 0.273. The lowest BCUT2D eigenvalue weighted by atomic mass is 10.1. The normalized spacial score (nSPS) is 12.3. The highest BCUT2D eigenvalue weighted by molar-refractivity contribution is 6.03. The van der Waals surface area contributed by atoms with Gasteiger partial charge in [-0.25, -0.2) is 9.97 Å². The van der Waals surface area contributed by atoms with Crippen LogP contribution in [0.25, 0.3) is 0 Å². The maximum absolute atomic E-state index is 12.5. The number of aryl methyl sites for hydroxylation is 1. The second kappa shape index (κ2) is 7.96. The van der Waals surface area contributed by atoms with Gasteiger partial charge < -0.3 is 20.1 Å². The number of hydrogen-bond acceptors (Lipinski definition) is 6. The van der Waals surface area contributed by atoms with Crippen molar-refractivity contribution in [3.8, 4) is 11.5 Å². The van der Waals surface area contributed by atoms with Gasteiger partial charge in [0.05, 0.1) is 0 Å². The molecule has 0 bridgehead atoms. The summed E-state index contributed by atoms with van der Waals surface area (Å²) in [5.74, 6) is 1.41. The summed E-state index contributed by atoms with van der Waals surface area (Å²) in [7, 11) is 0. The zero-order valence-electron chi connectivity index (χ0n) is 15.4. The van der Waals surface area contributed by atoms with Gasteiger partial charge >= 0.3 is 0 Å². The van der Waals surface area contributed by atoms with Gasteiger partial charge in [-0.15, -0.1) is 0 Å². The molecule has 142 valence electrons. The van der Waals surface area contributed by atoms with Crippen molar-refractivity contribution in [3.05, 3.63) is 66.0 Å². The molecule has 0 radical (unpaired) electrons. The Kier molecular flexibility index (Phi) is 5.05. The second-order valence-electron chi connectivity index (χ2n) is 6.25.